The van der Waals surface area contributed by atoms with Crippen LogP contribution in [0.15, 0.2) is 84.1 Å². The van der Waals surface area contributed by atoms with Crippen LogP contribution in [0.4, 0.5) is 5.13 Å². The first-order chi connectivity index (χ1) is 11.9. The quantitative estimate of drug-likeness (QED) is 0.441. The number of nitrogens with one attached hydrogen (secondary N) is 1. The van der Waals surface area contributed by atoms with E-state index in [-0.39, 0.29) is 0 Å². The third-order valence-electron chi connectivity index (χ3n) is 3.52. The van der Waals surface area contributed by atoms with Crippen LogP contribution in [0.1, 0.15) is 11.1 Å². The Labute approximate surface area is 143 Å². The van der Waals surface area contributed by atoms with Gasteiger partial charge in [-0.3, -0.25) is 5.43 Å². The van der Waals surface area contributed by atoms with Crippen molar-refractivity contribution in [2.24, 2.45) is 5.10 Å². The summed E-state index contributed by atoms with van der Waals surface area (Å²) in [7, 11) is 0. The molecule has 4 rings (SSSR count). The van der Waals surface area contributed by atoms with E-state index >= 15 is 0 Å². The predicted octanol–water partition coefficient (Wildman–Crippen LogP) is 4.56. The lowest BCUT2D eigenvalue weighted by molar-refractivity contribution is 1.26. The minimum absolute atomic E-state index is 0.730. The van der Waals surface area contributed by atoms with Crippen molar-refractivity contribution in [3.63, 3.8) is 0 Å². The van der Waals surface area contributed by atoms with E-state index in [0.29, 0.717) is 0 Å². The van der Waals surface area contributed by atoms with E-state index in [1.54, 1.807) is 6.20 Å². The van der Waals surface area contributed by atoms with Crippen molar-refractivity contribution < 1.29 is 0 Å². The number of aromatic nitrogens is 2. The number of hydrogen-bond donors (Lipinski definition) is 1. The summed E-state index contributed by atoms with van der Waals surface area (Å²) >= 11 is 1.54. The molecule has 2 heterocycles. The summed E-state index contributed by atoms with van der Waals surface area (Å²) in [6, 6.07) is 24.1. The summed E-state index contributed by atoms with van der Waals surface area (Å²) in [4.78, 5) is 8.72. The summed E-state index contributed by atoms with van der Waals surface area (Å²) in [5.74, 6) is 0. The zero-order valence-corrected chi connectivity index (χ0v) is 13.6. The molecule has 0 radical (unpaired) electrons. The second-order valence-electron chi connectivity index (χ2n) is 5.15. The van der Waals surface area contributed by atoms with Crippen LogP contribution in [0, 0.1) is 0 Å². The number of fused-ring (bicyclic) bond motifs is 1. The van der Waals surface area contributed by atoms with Gasteiger partial charge in [0.25, 0.3) is 0 Å². The summed E-state index contributed by atoms with van der Waals surface area (Å²) < 4.78 is 1.04. The molecule has 4 nitrogen and oxygen atoms in total. The van der Waals surface area contributed by atoms with Crippen LogP contribution in [0.2, 0.25) is 0 Å². The molecule has 0 spiro atoms. The van der Waals surface area contributed by atoms with Crippen molar-refractivity contribution in [3.8, 4) is 0 Å². The van der Waals surface area contributed by atoms with Crippen LogP contribution in [0.3, 0.4) is 0 Å². The van der Waals surface area contributed by atoms with Gasteiger partial charge in [0.15, 0.2) is 5.65 Å². The van der Waals surface area contributed by atoms with Crippen LogP contribution in [-0.2, 0) is 0 Å². The number of anilines is 1. The van der Waals surface area contributed by atoms with Gasteiger partial charge in [-0.2, -0.15) is 10.1 Å². The summed E-state index contributed by atoms with van der Waals surface area (Å²) in [6.45, 7) is 0. The van der Waals surface area contributed by atoms with Gasteiger partial charge < -0.3 is 0 Å². The van der Waals surface area contributed by atoms with Gasteiger partial charge in [-0.1, -0.05) is 72.0 Å². The summed E-state index contributed by atoms with van der Waals surface area (Å²) in [6.07, 6.45) is 1.74. The van der Waals surface area contributed by atoms with Gasteiger partial charge in [0.2, 0.25) is 5.13 Å². The van der Waals surface area contributed by atoms with E-state index in [0.717, 1.165) is 32.3 Å². The molecule has 0 saturated carbocycles. The molecule has 0 aliphatic heterocycles. The fourth-order valence-electron chi connectivity index (χ4n) is 2.41. The molecule has 24 heavy (non-hydrogen) atoms. The minimum Gasteiger partial charge on any atom is -0.252 e. The molecule has 1 N–H and O–H groups in total. The standard InChI is InChI=1S/C19H14N4S/c1-3-8-14(9-4-1)17(15-10-5-2-6-11-15)22-23-19-21-18-16(24-19)12-7-13-20-18/h1-13H,(H,20,21,23). The van der Waals surface area contributed by atoms with Crippen LogP contribution in [0.25, 0.3) is 10.3 Å². The highest BCUT2D eigenvalue weighted by molar-refractivity contribution is 7.22. The van der Waals surface area contributed by atoms with E-state index < -0.39 is 0 Å². The molecule has 0 aliphatic carbocycles. The Morgan fingerprint density at radius 2 is 1.50 bits per heavy atom. The van der Waals surface area contributed by atoms with E-state index in [1.807, 2.05) is 72.8 Å². The maximum absolute atomic E-state index is 4.62. The Hall–Kier alpha value is -3.05. The van der Waals surface area contributed by atoms with Crippen molar-refractivity contribution in [1.82, 2.24) is 9.97 Å². The second kappa shape index (κ2) is 6.60. The van der Waals surface area contributed by atoms with Crippen LogP contribution in [-0.4, -0.2) is 15.7 Å². The van der Waals surface area contributed by atoms with Gasteiger partial charge in [0, 0.05) is 17.3 Å². The largest absolute Gasteiger partial charge is 0.252 e. The topological polar surface area (TPSA) is 50.2 Å². The number of benzene rings is 2. The number of hydrazone groups is 1. The van der Waals surface area contributed by atoms with Gasteiger partial charge in [-0.15, -0.1) is 0 Å². The van der Waals surface area contributed by atoms with Crippen LogP contribution < -0.4 is 5.43 Å². The number of pyridine rings is 1. The first kappa shape index (κ1) is 14.5. The third kappa shape index (κ3) is 3.02. The molecule has 0 bridgehead atoms. The van der Waals surface area contributed by atoms with E-state index in [4.69, 9.17) is 0 Å². The van der Waals surface area contributed by atoms with Crippen molar-refractivity contribution in [1.29, 1.82) is 0 Å². The Balaban J connectivity index is 1.71. The Morgan fingerprint density at radius 3 is 2.12 bits per heavy atom. The molecule has 116 valence electrons. The van der Waals surface area contributed by atoms with Gasteiger partial charge in [0.1, 0.15) is 0 Å². The molecule has 2 aromatic carbocycles. The first-order valence-corrected chi connectivity index (χ1v) is 8.38. The zero-order chi connectivity index (χ0) is 16.2. The molecule has 0 unspecified atom stereocenters. The first-order valence-electron chi connectivity index (χ1n) is 7.56. The third-order valence-corrected chi connectivity index (χ3v) is 4.44. The van der Waals surface area contributed by atoms with Gasteiger partial charge in [-0.25, -0.2) is 4.98 Å². The molecule has 0 amide bonds. The normalized spacial score (nSPS) is 10.5. The summed E-state index contributed by atoms with van der Waals surface area (Å²) in [5, 5.41) is 5.35. The SMILES string of the molecule is c1ccc(C(=NNc2nc3ncccc3s2)c2ccccc2)cc1. The number of rotatable bonds is 4. The van der Waals surface area contributed by atoms with Crippen molar-refractivity contribution >= 4 is 32.5 Å². The Bertz CT molecular complexity index is 903. The van der Waals surface area contributed by atoms with Crippen molar-refractivity contribution in [2.75, 3.05) is 5.43 Å². The van der Waals surface area contributed by atoms with Gasteiger partial charge >= 0.3 is 0 Å². The molecule has 5 heteroatoms. The zero-order valence-electron chi connectivity index (χ0n) is 12.8. The number of hydrogen-bond acceptors (Lipinski definition) is 5. The van der Waals surface area contributed by atoms with E-state index in [1.165, 1.54) is 11.3 Å². The van der Waals surface area contributed by atoms with E-state index in [2.05, 4.69) is 20.5 Å². The highest BCUT2D eigenvalue weighted by atomic mass is 32.1. The molecular weight excluding hydrogens is 316 g/mol. The Kier molecular flexibility index (Phi) is 4.00. The molecule has 0 fully saturated rings. The smallest absolute Gasteiger partial charge is 0.206 e. The Morgan fingerprint density at radius 1 is 0.833 bits per heavy atom. The average Bonchev–Trinajstić information content (AvgIpc) is 3.07. The maximum atomic E-state index is 4.62. The molecule has 4 aromatic rings. The van der Waals surface area contributed by atoms with Gasteiger partial charge in [-0.05, 0) is 12.1 Å². The average molecular weight is 330 g/mol. The lowest BCUT2D eigenvalue weighted by Crippen LogP contribution is -2.06. The molecule has 0 aliphatic rings. The molecule has 2 aromatic heterocycles. The minimum atomic E-state index is 0.730. The predicted molar refractivity (Wildman–Crippen MR) is 99.6 cm³/mol. The number of thiazole rings is 1. The van der Waals surface area contributed by atoms with Crippen molar-refractivity contribution in [3.05, 3.63) is 90.1 Å². The summed E-state index contributed by atoms with van der Waals surface area (Å²) in [5.41, 5.74) is 6.80. The fraction of sp³-hybridized carbons (Fsp3) is 0. The van der Waals surface area contributed by atoms with Crippen LogP contribution >= 0.6 is 11.3 Å². The van der Waals surface area contributed by atoms with Crippen molar-refractivity contribution in [2.45, 2.75) is 0 Å². The molecular formula is C19H14N4S. The van der Waals surface area contributed by atoms with Gasteiger partial charge in [0.05, 0.1) is 10.4 Å². The van der Waals surface area contributed by atoms with Crippen LogP contribution in [0.5, 0.6) is 0 Å². The number of nitrogens with zero attached hydrogens (tertiary/aromatic N) is 3. The maximum Gasteiger partial charge on any atom is 0.206 e. The molecule has 0 saturated heterocycles. The molecule has 0 atom stereocenters. The van der Waals surface area contributed by atoms with E-state index in [9.17, 15) is 0 Å². The lowest BCUT2D eigenvalue weighted by atomic mass is 10.0. The fourth-order valence-corrected chi connectivity index (χ4v) is 3.18. The highest BCUT2D eigenvalue weighted by Gasteiger charge is 2.08. The lowest BCUT2D eigenvalue weighted by Gasteiger charge is -2.07. The highest BCUT2D eigenvalue weighted by Crippen LogP contribution is 2.24. The second-order valence-corrected chi connectivity index (χ2v) is 6.18. The monoisotopic (exact) mass is 330 g/mol.